The molecule has 0 fully saturated rings. The summed E-state index contributed by atoms with van der Waals surface area (Å²) in [5.41, 5.74) is 2.83. The molecule has 0 aliphatic carbocycles. The average Bonchev–Trinajstić information content (AvgIpc) is 2.54. The zero-order valence-corrected chi connectivity index (χ0v) is 13.0. The SMILES string of the molecule is COc1cc2c(cc1OC)C(c1ccccc1)N(C)CC2=O. The molecule has 0 aromatic heterocycles. The molecule has 1 heterocycles. The zero-order chi connectivity index (χ0) is 15.7. The van der Waals surface area contributed by atoms with Crippen LogP contribution in [0.5, 0.6) is 11.5 Å². The minimum absolute atomic E-state index is 0.0358. The second-order valence-corrected chi connectivity index (χ2v) is 5.45. The lowest BCUT2D eigenvalue weighted by molar-refractivity contribution is 0.0903. The van der Waals surface area contributed by atoms with Crippen molar-refractivity contribution in [1.29, 1.82) is 0 Å². The first-order valence-corrected chi connectivity index (χ1v) is 7.20. The van der Waals surface area contributed by atoms with Gasteiger partial charge >= 0.3 is 0 Å². The van der Waals surface area contributed by atoms with Gasteiger partial charge < -0.3 is 9.47 Å². The summed E-state index contributed by atoms with van der Waals surface area (Å²) in [6, 6.07) is 13.9. The monoisotopic (exact) mass is 297 g/mol. The van der Waals surface area contributed by atoms with Crippen LogP contribution in [0.4, 0.5) is 0 Å². The predicted molar refractivity (Wildman–Crippen MR) is 84.8 cm³/mol. The van der Waals surface area contributed by atoms with E-state index in [1.165, 1.54) is 0 Å². The van der Waals surface area contributed by atoms with Gasteiger partial charge in [0.25, 0.3) is 0 Å². The van der Waals surface area contributed by atoms with Crippen LogP contribution in [-0.2, 0) is 0 Å². The van der Waals surface area contributed by atoms with Gasteiger partial charge in [-0.3, -0.25) is 9.69 Å². The van der Waals surface area contributed by atoms with E-state index < -0.39 is 0 Å². The molecule has 114 valence electrons. The molecule has 0 amide bonds. The summed E-state index contributed by atoms with van der Waals surface area (Å²) in [6.45, 7) is 0.391. The van der Waals surface area contributed by atoms with Crippen molar-refractivity contribution in [1.82, 2.24) is 4.90 Å². The minimum atomic E-state index is 0.0358. The number of rotatable bonds is 3. The minimum Gasteiger partial charge on any atom is -0.493 e. The first kappa shape index (κ1) is 14.6. The molecule has 1 aliphatic rings. The van der Waals surface area contributed by atoms with Crippen molar-refractivity contribution in [2.75, 3.05) is 27.8 Å². The molecule has 0 radical (unpaired) electrons. The molecule has 1 atom stereocenters. The Morgan fingerprint density at radius 3 is 2.32 bits per heavy atom. The Balaban J connectivity index is 2.19. The number of Topliss-reactive ketones (excluding diaryl/α,β-unsaturated/α-hetero) is 1. The van der Waals surface area contributed by atoms with Crippen LogP contribution < -0.4 is 9.47 Å². The van der Waals surface area contributed by atoms with E-state index in [4.69, 9.17) is 9.47 Å². The van der Waals surface area contributed by atoms with E-state index in [2.05, 4.69) is 17.0 Å². The zero-order valence-electron chi connectivity index (χ0n) is 13.0. The van der Waals surface area contributed by atoms with Crippen LogP contribution in [0.25, 0.3) is 0 Å². The van der Waals surface area contributed by atoms with Crippen LogP contribution in [0.3, 0.4) is 0 Å². The van der Waals surface area contributed by atoms with Crippen LogP contribution in [0.2, 0.25) is 0 Å². The molecular weight excluding hydrogens is 278 g/mol. The Morgan fingerprint density at radius 2 is 1.68 bits per heavy atom. The highest BCUT2D eigenvalue weighted by Gasteiger charge is 2.32. The van der Waals surface area contributed by atoms with Crippen LogP contribution in [0.1, 0.15) is 27.5 Å². The third-order valence-corrected chi connectivity index (χ3v) is 4.10. The molecule has 4 heteroatoms. The summed E-state index contributed by atoms with van der Waals surface area (Å²) >= 11 is 0. The summed E-state index contributed by atoms with van der Waals surface area (Å²) in [5.74, 6) is 1.34. The number of ketones is 1. The van der Waals surface area contributed by atoms with Gasteiger partial charge in [-0.1, -0.05) is 30.3 Å². The average molecular weight is 297 g/mol. The van der Waals surface area contributed by atoms with Gasteiger partial charge in [0.15, 0.2) is 17.3 Å². The molecule has 0 bridgehead atoms. The summed E-state index contributed by atoms with van der Waals surface area (Å²) in [4.78, 5) is 14.5. The molecule has 2 aromatic carbocycles. The first-order valence-electron chi connectivity index (χ1n) is 7.20. The van der Waals surface area contributed by atoms with E-state index in [0.29, 0.717) is 23.6 Å². The Hall–Kier alpha value is -2.33. The number of carbonyl (C=O) groups is 1. The fraction of sp³-hybridized carbons (Fsp3) is 0.278. The van der Waals surface area contributed by atoms with Crippen molar-refractivity contribution in [2.45, 2.75) is 6.04 Å². The maximum Gasteiger partial charge on any atom is 0.177 e. The fourth-order valence-corrected chi connectivity index (χ4v) is 3.07. The highest BCUT2D eigenvalue weighted by molar-refractivity contribution is 6.01. The van der Waals surface area contributed by atoms with Crippen LogP contribution in [0, 0.1) is 0 Å². The van der Waals surface area contributed by atoms with E-state index >= 15 is 0 Å². The second-order valence-electron chi connectivity index (χ2n) is 5.45. The predicted octanol–water partition coefficient (Wildman–Crippen LogP) is 2.92. The molecule has 1 unspecified atom stereocenters. The summed E-state index contributed by atoms with van der Waals surface area (Å²) in [5, 5.41) is 0. The molecule has 3 rings (SSSR count). The lowest BCUT2D eigenvalue weighted by atomic mass is 9.87. The van der Waals surface area contributed by atoms with Crippen LogP contribution in [-0.4, -0.2) is 38.5 Å². The van der Waals surface area contributed by atoms with Crippen molar-refractivity contribution in [3.8, 4) is 11.5 Å². The standard InChI is InChI=1S/C18H19NO3/c1-19-11-15(20)13-9-16(21-2)17(22-3)10-14(13)18(19)12-7-5-4-6-8-12/h4-10,18H,11H2,1-3H3. The largest absolute Gasteiger partial charge is 0.493 e. The maximum atomic E-state index is 12.4. The van der Waals surface area contributed by atoms with Crippen molar-refractivity contribution in [2.24, 2.45) is 0 Å². The lowest BCUT2D eigenvalue weighted by Crippen LogP contribution is -2.37. The van der Waals surface area contributed by atoms with Gasteiger partial charge in [-0.25, -0.2) is 0 Å². The third-order valence-electron chi connectivity index (χ3n) is 4.10. The highest BCUT2D eigenvalue weighted by Crippen LogP contribution is 2.40. The number of likely N-dealkylation sites (N-methyl/N-ethyl adjacent to an activating group) is 1. The number of methoxy groups -OCH3 is 2. The van der Waals surface area contributed by atoms with Crippen molar-refractivity contribution >= 4 is 5.78 Å². The number of hydrogen-bond donors (Lipinski definition) is 0. The molecule has 0 spiro atoms. The van der Waals surface area contributed by atoms with Gasteiger partial charge in [0, 0.05) is 5.56 Å². The Kier molecular flexibility index (Phi) is 3.86. The highest BCUT2D eigenvalue weighted by atomic mass is 16.5. The molecule has 0 saturated carbocycles. The maximum absolute atomic E-state index is 12.4. The van der Waals surface area contributed by atoms with Gasteiger partial charge in [0.2, 0.25) is 0 Å². The van der Waals surface area contributed by atoms with Gasteiger partial charge in [-0.2, -0.15) is 0 Å². The van der Waals surface area contributed by atoms with Crippen molar-refractivity contribution in [3.05, 3.63) is 59.2 Å². The Morgan fingerprint density at radius 1 is 1.05 bits per heavy atom. The van der Waals surface area contributed by atoms with Crippen LogP contribution >= 0.6 is 0 Å². The first-order chi connectivity index (χ1) is 10.7. The Bertz CT molecular complexity index is 697. The molecule has 2 aromatic rings. The molecule has 0 saturated heterocycles. The number of ether oxygens (including phenoxy) is 2. The smallest absolute Gasteiger partial charge is 0.177 e. The van der Waals surface area contributed by atoms with E-state index in [9.17, 15) is 4.79 Å². The summed E-state index contributed by atoms with van der Waals surface area (Å²) < 4.78 is 10.7. The second kappa shape index (κ2) is 5.81. The van der Waals surface area contributed by atoms with Crippen molar-refractivity contribution in [3.63, 3.8) is 0 Å². The topological polar surface area (TPSA) is 38.8 Å². The van der Waals surface area contributed by atoms with E-state index in [-0.39, 0.29) is 11.8 Å². The van der Waals surface area contributed by atoms with Gasteiger partial charge in [-0.05, 0) is 30.3 Å². The van der Waals surface area contributed by atoms with E-state index in [0.717, 1.165) is 11.1 Å². The number of hydrogen-bond acceptors (Lipinski definition) is 4. The van der Waals surface area contributed by atoms with Gasteiger partial charge in [0.1, 0.15) is 0 Å². The number of nitrogens with zero attached hydrogens (tertiary/aromatic N) is 1. The quantitative estimate of drug-likeness (QED) is 0.873. The molecule has 4 nitrogen and oxygen atoms in total. The van der Waals surface area contributed by atoms with Gasteiger partial charge in [-0.15, -0.1) is 0 Å². The number of carbonyl (C=O) groups excluding carboxylic acids is 1. The summed E-state index contributed by atoms with van der Waals surface area (Å²) in [7, 11) is 5.16. The number of fused-ring (bicyclic) bond motifs is 1. The van der Waals surface area contributed by atoms with Crippen molar-refractivity contribution < 1.29 is 14.3 Å². The number of benzene rings is 2. The molecule has 1 aliphatic heterocycles. The van der Waals surface area contributed by atoms with Gasteiger partial charge in [0.05, 0.1) is 26.8 Å². The molecule has 22 heavy (non-hydrogen) atoms. The van der Waals surface area contributed by atoms with E-state index in [1.54, 1.807) is 20.3 Å². The molecular formula is C18H19NO3. The van der Waals surface area contributed by atoms with Crippen LogP contribution in [0.15, 0.2) is 42.5 Å². The normalized spacial score (nSPS) is 18.0. The fourth-order valence-electron chi connectivity index (χ4n) is 3.07. The summed E-state index contributed by atoms with van der Waals surface area (Å²) in [6.07, 6.45) is 0. The third kappa shape index (κ3) is 2.35. The van der Waals surface area contributed by atoms with E-state index in [1.807, 2.05) is 31.3 Å². The lowest BCUT2D eigenvalue weighted by Gasteiger charge is -2.34. The Labute approximate surface area is 130 Å². The molecule has 0 N–H and O–H groups in total.